The molecule has 7 heteroatoms. The van der Waals surface area contributed by atoms with E-state index in [2.05, 4.69) is 10.1 Å². The lowest BCUT2D eigenvalue weighted by molar-refractivity contribution is -0.134. The first-order valence-corrected chi connectivity index (χ1v) is 6.08. The van der Waals surface area contributed by atoms with E-state index in [1.807, 2.05) is 0 Å². The van der Waals surface area contributed by atoms with E-state index in [1.54, 1.807) is 4.90 Å². The minimum atomic E-state index is -0.463. The predicted molar refractivity (Wildman–Crippen MR) is 62.8 cm³/mol. The molecule has 2 saturated heterocycles. The molecular formula is C11H19N3O4. The van der Waals surface area contributed by atoms with Crippen molar-refractivity contribution >= 4 is 12.0 Å². The second-order valence-electron chi connectivity index (χ2n) is 4.71. The quantitative estimate of drug-likeness (QED) is 0.656. The standard InChI is InChI=1S/C11H19N3O4/c1-17-11(16)13-7-2-3-14(4-7)10(15)8-5-18-6-9(8)12/h7-9H,2-6,12H2,1H3,(H,13,16). The third-order valence-electron chi connectivity index (χ3n) is 3.45. The minimum Gasteiger partial charge on any atom is -0.453 e. The Morgan fingerprint density at radius 1 is 1.44 bits per heavy atom. The molecule has 0 saturated carbocycles. The Balaban J connectivity index is 1.84. The largest absolute Gasteiger partial charge is 0.453 e. The van der Waals surface area contributed by atoms with Crippen LogP contribution in [0.5, 0.6) is 0 Å². The van der Waals surface area contributed by atoms with Crippen LogP contribution >= 0.6 is 0 Å². The molecule has 0 bridgehead atoms. The molecule has 18 heavy (non-hydrogen) atoms. The summed E-state index contributed by atoms with van der Waals surface area (Å²) in [7, 11) is 1.32. The van der Waals surface area contributed by atoms with E-state index >= 15 is 0 Å². The molecule has 0 aromatic carbocycles. The zero-order valence-corrected chi connectivity index (χ0v) is 10.4. The maximum absolute atomic E-state index is 12.2. The third kappa shape index (κ3) is 2.73. The summed E-state index contributed by atoms with van der Waals surface area (Å²) in [6.07, 6.45) is 0.277. The van der Waals surface area contributed by atoms with Crippen LogP contribution in [0, 0.1) is 5.92 Å². The maximum Gasteiger partial charge on any atom is 0.407 e. The van der Waals surface area contributed by atoms with Crippen LogP contribution in [-0.4, -0.2) is 62.4 Å². The molecule has 3 unspecified atom stereocenters. The topological polar surface area (TPSA) is 93.9 Å². The van der Waals surface area contributed by atoms with E-state index in [9.17, 15) is 9.59 Å². The highest BCUT2D eigenvalue weighted by Gasteiger charge is 2.37. The molecule has 2 amide bonds. The van der Waals surface area contributed by atoms with E-state index in [0.717, 1.165) is 6.42 Å². The van der Waals surface area contributed by atoms with E-state index in [4.69, 9.17) is 10.5 Å². The third-order valence-corrected chi connectivity index (χ3v) is 3.45. The van der Waals surface area contributed by atoms with Crippen molar-refractivity contribution in [2.75, 3.05) is 33.4 Å². The number of nitrogens with zero attached hydrogens (tertiary/aromatic N) is 1. The Bertz CT molecular complexity index is 336. The fourth-order valence-electron chi connectivity index (χ4n) is 2.36. The zero-order valence-electron chi connectivity index (χ0n) is 10.4. The lowest BCUT2D eigenvalue weighted by Crippen LogP contribution is -2.44. The summed E-state index contributed by atoms with van der Waals surface area (Å²) in [6, 6.07) is -0.259. The van der Waals surface area contributed by atoms with Gasteiger partial charge in [-0.3, -0.25) is 4.79 Å². The number of nitrogens with two attached hydrogens (primary N) is 1. The van der Waals surface area contributed by atoms with Gasteiger partial charge in [0.05, 0.1) is 32.3 Å². The molecule has 2 heterocycles. The van der Waals surface area contributed by atoms with Crippen LogP contribution in [0.3, 0.4) is 0 Å². The number of ether oxygens (including phenoxy) is 2. The SMILES string of the molecule is COC(=O)NC1CCN(C(=O)C2COCC2N)C1. The fraction of sp³-hybridized carbons (Fsp3) is 0.818. The Kier molecular flexibility index (Phi) is 4.03. The number of carbonyl (C=O) groups excluding carboxylic acids is 2. The maximum atomic E-state index is 12.2. The number of rotatable bonds is 2. The van der Waals surface area contributed by atoms with Crippen molar-refractivity contribution < 1.29 is 19.1 Å². The second kappa shape index (κ2) is 5.53. The number of hydrogen-bond acceptors (Lipinski definition) is 5. The molecule has 2 aliphatic rings. The van der Waals surface area contributed by atoms with E-state index in [0.29, 0.717) is 26.3 Å². The summed E-state index contributed by atoms with van der Waals surface area (Å²) in [5, 5.41) is 2.70. The summed E-state index contributed by atoms with van der Waals surface area (Å²) in [5.41, 5.74) is 5.82. The summed E-state index contributed by atoms with van der Waals surface area (Å²) < 4.78 is 9.73. The van der Waals surface area contributed by atoms with Gasteiger partial charge in [0.2, 0.25) is 5.91 Å². The van der Waals surface area contributed by atoms with Crippen molar-refractivity contribution in [3.8, 4) is 0 Å². The molecule has 3 atom stereocenters. The average Bonchev–Trinajstić information content (AvgIpc) is 2.97. The molecule has 0 radical (unpaired) electrons. The second-order valence-corrected chi connectivity index (χ2v) is 4.71. The smallest absolute Gasteiger partial charge is 0.407 e. The highest BCUT2D eigenvalue weighted by molar-refractivity contribution is 5.80. The summed E-state index contributed by atoms with van der Waals surface area (Å²) in [6.45, 7) is 1.98. The Morgan fingerprint density at radius 3 is 2.83 bits per heavy atom. The zero-order chi connectivity index (χ0) is 13.1. The van der Waals surface area contributed by atoms with Crippen LogP contribution in [0.2, 0.25) is 0 Å². The highest BCUT2D eigenvalue weighted by Crippen LogP contribution is 2.18. The summed E-state index contributed by atoms with van der Waals surface area (Å²) >= 11 is 0. The number of methoxy groups -OCH3 is 1. The molecule has 3 N–H and O–H groups in total. The minimum absolute atomic E-state index is 0.0224. The monoisotopic (exact) mass is 257 g/mol. The molecule has 102 valence electrons. The lowest BCUT2D eigenvalue weighted by atomic mass is 10.0. The van der Waals surface area contributed by atoms with Gasteiger partial charge in [-0.1, -0.05) is 0 Å². The van der Waals surface area contributed by atoms with E-state index < -0.39 is 6.09 Å². The summed E-state index contributed by atoms with van der Waals surface area (Å²) in [4.78, 5) is 25.0. The Labute approximate surface area is 106 Å². The van der Waals surface area contributed by atoms with Crippen LogP contribution in [0.15, 0.2) is 0 Å². The fourth-order valence-corrected chi connectivity index (χ4v) is 2.36. The van der Waals surface area contributed by atoms with Gasteiger partial charge in [0.15, 0.2) is 0 Å². The predicted octanol–water partition coefficient (Wildman–Crippen LogP) is -1.08. The number of carbonyl (C=O) groups is 2. The molecule has 2 aliphatic heterocycles. The van der Waals surface area contributed by atoms with Crippen LogP contribution in [0.25, 0.3) is 0 Å². The average molecular weight is 257 g/mol. The first-order chi connectivity index (χ1) is 8.61. The highest BCUT2D eigenvalue weighted by atomic mass is 16.5. The van der Waals surface area contributed by atoms with Gasteiger partial charge in [0.1, 0.15) is 0 Å². The molecule has 0 aromatic rings. The Morgan fingerprint density at radius 2 is 2.22 bits per heavy atom. The van der Waals surface area contributed by atoms with Gasteiger partial charge in [0, 0.05) is 19.1 Å². The van der Waals surface area contributed by atoms with Gasteiger partial charge in [0.25, 0.3) is 0 Å². The van der Waals surface area contributed by atoms with Crippen molar-refractivity contribution in [2.45, 2.75) is 18.5 Å². The molecule has 0 aliphatic carbocycles. The number of amides is 2. The number of nitrogens with one attached hydrogen (secondary N) is 1. The van der Waals surface area contributed by atoms with Gasteiger partial charge < -0.3 is 25.4 Å². The van der Waals surface area contributed by atoms with Gasteiger partial charge in [-0.25, -0.2) is 4.79 Å². The normalized spacial score (nSPS) is 31.4. The first-order valence-electron chi connectivity index (χ1n) is 6.08. The van der Waals surface area contributed by atoms with Gasteiger partial charge in [-0.05, 0) is 6.42 Å². The van der Waals surface area contributed by atoms with Gasteiger partial charge >= 0.3 is 6.09 Å². The van der Waals surface area contributed by atoms with Crippen molar-refractivity contribution in [3.05, 3.63) is 0 Å². The first kappa shape index (κ1) is 13.1. The van der Waals surface area contributed by atoms with E-state index in [-0.39, 0.29) is 23.9 Å². The van der Waals surface area contributed by atoms with Crippen LogP contribution < -0.4 is 11.1 Å². The van der Waals surface area contributed by atoms with Crippen LogP contribution in [-0.2, 0) is 14.3 Å². The number of likely N-dealkylation sites (tertiary alicyclic amines) is 1. The van der Waals surface area contributed by atoms with Crippen LogP contribution in [0.4, 0.5) is 4.79 Å². The summed E-state index contributed by atoms with van der Waals surface area (Å²) in [5.74, 6) is -0.226. The molecule has 0 aromatic heterocycles. The van der Waals surface area contributed by atoms with Gasteiger partial charge in [-0.15, -0.1) is 0 Å². The Hall–Kier alpha value is -1.34. The number of hydrogen-bond donors (Lipinski definition) is 2. The number of alkyl carbamates (subject to hydrolysis) is 1. The molecule has 0 spiro atoms. The van der Waals surface area contributed by atoms with Crippen molar-refractivity contribution in [2.24, 2.45) is 11.7 Å². The van der Waals surface area contributed by atoms with Crippen molar-refractivity contribution in [3.63, 3.8) is 0 Å². The molecule has 2 rings (SSSR count). The van der Waals surface area contributed by atoms with E-state index in [1.165, 1.54) is 7.11 Å². The van der Waals surface area contributed by atoms with Gasteiger partial charge in [-0.2, -0.15) is 0 Å². The van der Waals surface area contributed by atoms with Crippen molar-refractivity contribution in [1.29, 1.82) is 0 Å². The molecule has 7 nitrogen and oxygen atoms in total. The lowest BCUT2D eigenvalue weighted by Gasteiger charge is -2.22. The molecular weight excluding hydrogens is 238 g/mol. The van der Waals surface area contributed by atoms with Crippen LogP contribution in [0.1, 0.15) is 6.42 Å². The van der Waals surface area contributed by atoms with Crippen molar-refractivity contribution in [1.82, 2.24) is 10.2 Å². The molecule has 2 fully saturated rings.